The Balaban J connectivity index is 0.00000243. The van der Waals surface area contributed by atoms with Crippen LogP contribution in [0.25, 0.3) is 0 Å². The molecule has 3 rings (SSSR count). The fourth-order valence-corrected chi connectivity index (χ4v) is 2.80. The van der Waals surface area contributed by atoms with Gasteiger partial charge in [0.25, 0.3) is 0 Å². The van der Waals surface area contributed by atoms with E-state index in [4.69, 9.17) is 4.74 Å². The summed E-state index contributed by atoms with van der Waals surface area (Å²) in [7, 11) is 1.73. The van der Waals surface area contributed by atoms with Gasteiger partial charge in [0.1, 0.15) is 29.8 Å². The first-order chi connectivity index (χ1) is 12.1. The third kappa shape index (κ3) is 5.55. The molecular weight excluding hydrogens is 450 g/mol. The lowest BCUT2D eigenvalue weighted by molar-refractivity contribution is 0.222. The van der Waals surface area contributed by atoms with Crippen LogP contribution in [0.5, 0.6) is 5.75 Å². The monoisotopic (exact) mass is 474 g/mol. The van der Waals surface area contributed by atoms with E-state index in [9.17, 15) is 4.39 Å². The summed E-state index contributed by atoms with van der Waals surface area (Å²) in [6.07, 6.45) is 3.34. The van der Waals surface area contributed by atoms with Gasteiger partial charge in [-0.15, -0.1) is 24.0 Å². The highest BCUT2D eigenvalue weighted by atomic mass is 127. The minimum atomic E-state index is -0.306. The van der Waals surface area contributed by atoms with Crippen molar-refractivity contribution in [1.29, 1.82) is 0 Å². The lowest BCUT2D eigenvalue weighted by atomic mass is 10.1. The Morgan fingerprint density at radius 1 is 1.50 bits per heavy atom. The molecule has 0 aliphatic carbocycles. The molecule has 0 fully saturated rings. The van der Waals surface area contributed by atoms with Crippen molar-refractivity contribution < 1.29 is 9.13 Å². The van der Waals surface area contributed by atoms with Crippen LogP contribution in [0.4, 0.5) is 4.39 Å². The summed E-state index contributed by atoms with van der Waals surface area (Å²) in [6.45, 7) is 3.25. The Hall–Kier alpha value is -1.91. The van der Waals surface area contributed by atoms with E-state index in [1.807, 2.05) is 11.6 Å². The van der Waals surface area contributed by atoms with Crippen LogP contribution in [0.3, 0.4) is 0 Å². The van der Waals surface area contributed by atoms with Gasteiger partial charge in [-0.3, -0.25) is 4.99 Å². The maximum Gasteiger partial charge on any atom is 0.191 e. The third-order valence-corrected chi connectivity index (χ3v) is 4.06. The lowest BCUT2D eigenvalue weighted by Crippen LogP contribution is -2.48. The van der Waals surface area contributed by atoms with Crippen molar-refractivity contribution in [3.63, 3.8) is 0 Å². The number of hydrogen-bond acceptors (Lipinski definition) is 4. The van der Waals surface area contributed by atoms with Crippen molar-refractivity contribution in [3.05, 3.63) is 42.2 Å². The van der Waals surface area contributed by atoms with E-state index in [-0.39, 0.29) is 41.9 Å². The zero-order chi connectivity index (χ0) is 17.6. The van der Waals surface area contributed by atoms with Crippen molar-refractivity contribution >= 4 is 29.9 Å². The standard InChI is InChI=1S/C17H23FN6O.HI/c1-12(25-15-5-3-4-13(18)8-15)9-20-17(19-2)23-14-6-7-16-21-11-22-24(16)10-14;/h3-5,8,11-12,14H,6-7,9-10H2,1-2H3,(H2,19,20,23);1H. The van der Waals surface area contributed by atoms with Gasteiger partial charge in [0, 0.05) is 25.6 Å². The SMILES string of the molecule is CN=C(NCC(C)Oc1cccc(F)c1)NC1CCc2ncnn2C1.I. The predicted molar refractivity (Wildman–Crippen MR) is 109 cm³/mol. The Kier molecular flexibility index (Phi) is 7.61. The Labute approximate surface area is 169 Å². The van der Waals surface area contributed by atoms with Gasteiger partial charge in [0.05, 0.1) is 13.1 Å². The maximum absolute atomic E-state index is 13.2. The molecule has 1 aromatic heterocycles. The number of fused-ring (bicyclic) bond motifs is 1. The van der Waals surface area contributed by atoms with Gasteiger partial charge >= 0.3 is 0 Å². The minimum Gasteiger partial charge on any atom is -0.489 e. The van der Waals surface area contributed by atoms with Crippen LogP contribution in [-0.2, 0) is 13.0 Å². The van der Waals surface area contributed by atoms with Crippen LogP contribution >= 0.6 is 24.0 Å². The van der Waals surface area contributed by atoms with E-state index in [0.717, 1.165) is 25.2 Å². The topological polar surface area (TPSA) is 76.4 Å². The fourth-order valence-electron chi connectivity index (χ4n) is 2.80. The second kappa shape index (κ2) is 9.70. The largest absolute Gasteiger partial charge is 0.489 e. The summed E-state index contributed by atoms with van der Waals surface area (Å²) in [5.74, 6) is 1.95. The van der Waals surface area contributed by atoms with E-state index in [1.165, 1.54) is 12.1 Å². The fraction of sp³-hybridized carbons (Fsp3) is 0.471. The highest BCUT2D eigenvalue weighted by molar-refractivity contribution is 14.0. The number of guanidine groups is 1. The third-order valence-electron chi connectivity index (χ3n) is 4.06. The normalized spacial score (nSPS) is 17.7. The van der Waals surface area contributed by atoms with Crippen LogP contribution in [-0.4, -0.2) is 46.5 Å². The smallest absolute Gasteiger partial charge is 0.191 e. The Morgan fingerprint density at radius 3 is 3.12 bits per heavy atom. The highest BCUT2D eigenvalue weighted by Gasteiger charge is 2.20. The first-order valence-corrected chi connectivity index (χ1v) is 8.40. The zero-order valence-electron chi connectivity index (χ0n) is 14.9. The van der Waals surface area contributed by atoms with Gasteiger partial charge in [-0.2, -0.15) is 5.10 Å². The summed E-state index contributed by atoms with van der Waals surface area (Å²) in [4.78, 5) is 8.48. The van der Waals surface area contributed by atoms with Gasteiger partial charge < -0.3 is 15.4 Å². The summed E-state index contributed by atoms with van der Waals surface area (Å²) in [5.41, 5.74) is 0. The van der Waals surface area contributed by atoms with Gasteiger partial charge in [0.15, 0.2) is 5.96 Å². The van der Waals surface area contributed by atoms with Crippen molar-refractivity contribution in [2.75, 3.05) is 13.6 Å². The summed E-state index contributed by atoms with van der Waals surface area (Å²) >= 11 is 0. The average molecular weight is 474 g/mol. The second-order valence-corrected chi connectivity index (χ2v) is 6.08. The molecule has 26 heavy (non-hydrogen) atoms. The number of rotatable bonds is 5. The molecule has 0 amide bonds. The molecular formula is C17H24FIN6O. The number of benzene rings is 1. The van der Waals surface area contributed by atoms with Gasteiger partial charge in [0.2, 0.25) is 0 Å². The number of hydrogen-bond donors (Lipinski definition) is 2. The summed E-state index contributed by atoms with van der Waals surface area (Å²) in [5, 5.41) is 10.9. The first kappa shape index (κ1) is 20.4. The molecule has 0 saturated carbocycles. The molecule has 142 valence electrons. The van der Waals surface area contributed by atoms with Gasteiger partial charge in [-0.05, 0) is 25.5 Å². The van der Waals surface area contributed by atoms with Crippen molar-refractivity contribution in [2.24, 2.45) is 4.99 Å². The Morgan fingerprint density at radius 2 is 2.35 bits per heavy atom. The van der Waals surface area contributed by atoms with E-state index in [1.54, 1.807) is 25.5 Å². The molecule has 2 atom stereocenters. The molecule has 0 radical (unpaired) electrons. The van der Waals surface area contributed by atoms with Crippen LogP contribution in [0.2, 0.25) is 0 Å². The number of nitrogens with one attached hydrogen (secondary N) is 2. The summed E-state index contributed by atoms with van der Waals surface area (Å²) in [6, 6.07) is 6.39. The van der Waals surface area contributed by atoms with E-state index < -0.39 is 0 Å². The second-order valence-electron chi connectivity index (χ2n) is 6.08. The van der Waals surface area contributed by atoms with Crippen molar-refractivity contribution in [2.45, 2.75) is 38.5 Å². The van der Waals surface area contributed by atoms with Crippen molar-refractivity contribution in [1.82, 2.24) is 25.4 Å². The molecule has 1 aliphatic rings. The molecule has 0 spiro atoms. The van der Waals surface area contributed by atoms with Crippen LogP contribution in [0.1, 0.15) is 19.2 Å². The molecule has 7 nitrogen and oxygen atoms in total. The molecule has 2 aromatic rings. The number of halogens is 2. The molecule has 0 bridgehead atoms. The molecule has 2 heterocycles. The Bertz CT molecular complexity index is 738. The van der Waals surface area contributed by atoms with E-state index in [2.05, 4.69) is 25.7 Å². The molecule has 2 unspecified atom stereocenters. The molecule has 1 aromatic carbocycles. The first-order valence-electron chi connectivity index (χ1n) is 8.40. The van der Waals surface area contributed by atoms with Gasteiger partial charge in [-0.1, -0.05) is 6.07 Å². The van der Waals surface area contributed by atoms with Crippen LogP contribution < -0.4 is 15.4 Å². The van der Waals surface area contributed by atoms with Crippen LogP contribution in [0.15, 0.2) is 35.6 Å². The van der Waals surface area contributed by atoms with E-state index in [0.29, 0.717) is 18.3 Å². The lowest BCUT2D eigenvalue weighted by Gasteiger charge is -2.26. The summed E-state index contributed by atoms with van der Waals surface area (Å²) < 4.78 is 20.8. The molecule has 0 saturated heterocycles. The quantitative estimate of drug-likeness (QED) is 0.394. The predicted octanol–water partition coefficient (Wildman–Crippen LogP) is 1.98. The number of aromatic nitrogens is 3. The number of ether oxygens (including phenoxy) is 1. The maximum atomic E-state index is 13.2. The highest BCUT2D eigenvalue weighted by Crippen LogP contribution is 2.14. The minimum absolute atomic E-state index is 0. The molecule has 2 N–H and O–H groups in total. The van der Waals surface area contributed by atoms with Crippen LogP contribution in [0, 0.1) is 5.82 Å². The van der Waals surface area contributed by atoms with E-state index >= 15 is 0 Å². The number of aryl methyl sites for hydroxylation is 1. The number of aliphatic imine (C=N–C) groups is 1. The molecule has 9 heteroatoms. The average Bonchev–Trinajstić information content (AvgIpc) is 3.06. The zero-order valence-corrected chi connectivity index (χ0v) is 17.2. The molecule has 1 aliphatic heterocycles. The van der Waals surface area contributed by atoms with Crippen molar-refractivity contribution in [3.8, 4) is 5.75 Å². The number of nitrogens with zero attached hydrogens (tertiary/aromatic N) is 4. The van der Waals surface area contributed by atoms with Gasteiger partial charge in [-0.25, -0.2) is 14.1 Å².